The predicted molar refractivity (Wildman–Crippen MR) is 135 cm³/mol. The molecule has 2 aromatic heterocycles. The van der Waals surface area contributed by atoms with Gasteiger partial charge in [-0.25, -0.2) is 47.2 Å². The van der Waals surface area contributed by atoms with E-state index >= 15 is 0 Å². The van der Waals surface area contributed by atoms with Crippen LogP contribution in [0.3, 0.4) is 0 Å². The molecule has 1 saturated heterocycles. The summed E-state index contributed by atoms with van der Waals surface area (Å²) >= 11 is 0. The molecule has 0 bridgehead atoms. The molecule has 1 aliphatic heterocycles. The molecule has 0 saturated carbocycles. The third-order valence-electron chi connectivity index (χ3n) is 6.20. The number of benzene rings is 2. The Morgan fingerprint density at radius 1 is 0.543 bits per heavy atom. The van der Waals surface area contributed by atoms with Gasteiger partial charge in [-0.15, -0.1) is 20.5 Å². The van der Waals surface area contributed by atoms with Gasteiger partial charge in [0.25, 0.3) is 0 Å². The van der Waals surface area contributed by atoms with Crippen LogP contribution < -0.4 is 37.3 Å². The van der Waals surface area contributed by atoms with Crippen molar-refractivity contribution in [3.63, 3.8) is 0 Å². The van der Waals surface area contributed by atoms with Gasteiger partial charge in [0.15, 0.2) is 0 Å². The number of nitrogens with zero attached hydrogens (tertiary/aromatic N) is 4. The number of nitrogens with one attached hydrogen (secondary N) is 2. The fourth-order valence-corrected chi connectivity index (χ4v) is 4.32. The number of fused-ring (bicyclic) bond motifs is 2. The van der Waals surface area contributed by atoms with Crippen LogP contribution >= 0.6 is 0 Å². The number of imidazole rings is 2. The van der Waals surface area contributed by atoms with Gasteiger partial charge in [-0.1, -0.05) is 24.3 Å². The summed E-state index contributed by atoms with van der Waals surface area (Å²) in [4.78, 5) is 21.0. The van der Waals surface area contributed by atoms with Crippen molar-refractivity contribution in [2.24, 2.45) is 0 Å². The van der Waals surface area contributed by atoms with Crippen molar-refractivity contribution < 1.29 is 91.4 Å². The smallest absolute Gasteiger partial charge is 0.379 e. The van der Waals surface area contributed by atoms with E-state index in [0.29, 0.717) is 39.6 Å². The van der Waals surface area contributed by atoms with Crippen molar-refractivity contribution in [2.75, 3.05) is 65.8 Å². The largest absolute Gasteiger partial charge is 2.00 e. The molecule has 0 aliphatic carbocycles. The van der Waals surface area contributed by atoms with Crippen molar-refractivity contribution in [3.8, 4) is 0 Å². The number of para-hydroxylation sites is 4. The summed E-state index contributed by atoms with van der Waals surface area (Å²) in [5.41, 5.74) is 4.12. The summed E-state index contributed by atoms with van der Waals surface area (Å²) in [6, 6.07) is 16.2. The Hall–Kier alpha value is -1.94. The average molecular weight is 743 g/mol. The maximum absolute atomic E-state index is 8.49. The van der Waals surface area contributed by atoms with Gasteiger partial charge in [-0.05, 0) is 24.3 Å². The van der Waals surface area contributed by atoms with Crippen LogP contribution in [0.4, 0.5) is 0 Å². The quantitative estimate of drug-likeness (QED) is 0.184. The molecule has 17 nitrogen and oxygen atoms in total. The van der Waals surface area contributed by atoms with Gasteiger partial charge in [0, 0.05) is 26.2 Å². The van der Waals surface area contributed by atoms with Gasteiger partial charge >= 0.3 is 19.5 Å². The van der Waals surface area contributed by atoms with E-state index in [0.717, 1.165) is 73.0 Å². The molecular formula is C26H34Cl2N6O11Zn. The Kier molecular flexibility index (Phi) is 17.9. The predicted octanol–water partition coefficient (Wildman–Crippen LogP) is -6.71. The Bertz CT molecular complexity index is 1220. The number of halogens is 2. The summed E-state index contributed by atoms with van der Waals surface area (Å²) in [5.74, 6) is 1.92. The Morgan fingerprint density at radius 3 is 1.17 bits per heavy atom. The Morgan fingerprint density at radius 2 is 0.848 bits per heavy atom. The van der Waals surface area contributed by atoms with Crippen LogP contribution in [0.15, 0.2) is 48.5 Å². The average Bonchev–Trinajstić information content (AvgIpc) is 3.54. The van der Waals surface area contributed by atoms with Gasteiger partial charge in [-0.2, -0.15) is 0 Å². The molecule has 2 aromatic carbocycles. The number of aromatic nitrogens is 4. The van der Waals surface area contributed by atoms with E-state index in [1.807, 2.05) is 36.4 Å². The number of hydrogen-bond donors (Lipinski definition) is 2. The first-order valence-electron chi connectivity index (χ1n) is 13.6. The standard InChI is InChI=1S/C26H34N6O3.2ClHO4.Zn/c1-2-6-22-21(5-1)27-25(28-22)19-31-9-13-33-14-10-32(12-16-35-18-17-34-15-11-31)20-26-29-23-7-3-4-8-24(23)30-26;2*2-1(3,4)5;/h1-8H,9-20H2,(H,27,28)(H,29,30);2*(H,2,3,4,5);/q;;;+2/p-2. The molecule has 250 valence electrons. The molecule has 20 heteroatoms. The molecule has 4 aromatic rings. The number of aromatic amines is 2. The molecule has 1 fully saturated rings. The van der Waals surface area contributed by atoms with Crippen LogP contribution in [-0.2, 0) is 46.8 Å². The van der Waals surface area contributed by atoms with Crippen molar-refractivity contribution in [1.29, 1.82) is 0 Å². The molecule has 0 spiro atoms. The summed E-state index contributed by atoms with van der Waals surface area (Å²) in [5, 5.41) is 0. The minimum atomic E-state index is -4.94. The van der Waals surface area contributed by atoms with Crippen molar-refractivity contribution in [1.82, 2.24) is 29.7 Å². The van der Waals surface area contributed by atoms with E-state index in [1.54, 1.807) is 0 Å². The second-order valence-electron chi connectivity index (χ2n) is 9.55. The van der Waals surface area contributed by atoms with Crippen LogP contribution in [0.1, 0.15) is 11.6 Å². The molecule has 46 heavy (non-hydrogen) atoms. The summed E-state index contributed by atoms with van der Waals surface area (Å²) in [6.45, 7) is 8.56. The second-order valence-corrected chi connectivity index (χ2v) is 11.1. The molecular weight excluding hydrogens is 709 g/mol. The topological polar surface area (TPSA) is 276 Å². The molecule has 0 atom stereocenters. The van der Waals surface area contributed by atoms with Crippen LogP contribution in [0.25, 0.3) is 22.1 Å². The van der Waals surface area contributed by atoms with Gasteiger partial charge in [0.05, 0.1) is 74.8 Å². The summed E-state index contributed by atoms with van der Waals surface area (Å²) < 4.78 is 85.6. The molecule has 3 heterocycles. The van der Waals surface area contributed by atoms with Crippen LogP contribution in [0.5, 0.6) is 0 Å². The molecule has 0 amide bonds. The molecule has 0 radical (unpaired) electrons. The first kappa shape index (κ1) is 40.2. The minimum Gasteiger partial charge on any atom is -0.379 e. The molecule has 2 N–H and O–H groups in total. The third-order valence-corrected chi connectivity index (χ3v) is 6.20. The van der Waals surface area contributed by atoms with Gasteiger partial charge in [0.1, 0.15) is 11.6 Å². The molecule has 0 unspecified atom stereocenters. The first-order valence-corrected chi connectivity index (χ1v) is 16.1. The fraction of sp³-hybridized carbons (Fsp3) is 0.462. The van der Waals surface area contributed by atoms with E-state index < -0.39 is 20.5 Å². The Labute approximate surface area is 281 Å². The van der Waals surface area contributed by atoms with E-state index in [-0.39, 0.29) is 19.5 Å². The van der Waals surface area contributed by atoms with Crippen molar-refractivity contribution >= 4 is 22.1 Å². The number of ether oxygens (including phenoxy) is 3. The van der Waals surface area contributed by atoms with E-state index in [9.17, 15) is 0 Å². The minimum absolute atomic E-state index is 0. The fourth-order valence-electron chi connectivity index (χ4n) is 4.32. The Balaban J connectivity index is 0.000000586. The number of H-pyrrole nitrogens is 2. The van der Waals surface area contributed by atoms with E-state index in [4.69, 9.17) is 61.5 Å². The van der Waals surface area contributed by atoms with Crippen LogP contribution in [0, 0.1) is 20.5 Å². The number of hydrogen-bond acceptors (Lipinski definition) is 15. The zero-order valence-electron chi connectivity index (χ0n) is 24.8. The van der Waals surface area contributed by atoms with Gasteiger partial charge in [-0.3, -0.25) is 9.80 Å². The van der Waals surface area contributed by atoms with Crippen LogP contribution in [0.2, 0.25) is 0 Å². The normalized spacial score (nSPS) is 16.7. The zero-order valence-corrected chi connectivity index (χ0v) is 29.3. The SMILES string of the molecule is [O-][Cl+3]([O-])([O-])[O-].[O-][Cl+3]([O-])([O-])[O-].[Zn+2].c1ccc2[nH]c(CN3CCOCCOCCN(Cc4nc5ccccc5[nH]4)CCOCC3)nc2c1. The molecule has 1 aliphatic rings. The third kappa shape index (κ3) is 17.8. The van der Waals surface area contributed by atoms with Gasteiger partial charge in [0.2, 0.25) is 0 Å². The van der Waals surface area contributed by atoms with E-state index in [1.165, 1.54) is 0 Å². The van der Waals surface area contributed by atoms with Crippen molar-refractivity contribution in [3.05, 3.63) is 60.2 Å². The monoisotopic (exact) mass is 740 g/mol. The zero-order chi connectivity index (χ0) is 32.7. The van der Waals surface area contributed by atoms with Crippen LogP contribution in [-0.4, -0.2) is 95.6 Å². The maximum Gasteiger partial charge on any atom is 2.00 e. The second kappa shape index (κ2) is 20.4. The van der Waals surface area contributed by atoms with Gasteiger partial charge < -0.3 is 24.2 Å². The summed E-state index contributed by atoms with van der Waals surface area (Å²) in [7, 11) is -9.89. The number of rotatable bonds is 4. The maximum atomic E-state index is 8.49. The van der Waals surface area contributed by atoms with Crippen molar-refractivity contribution in [2.45, 2.75) is 13.1 Å². The summed E-state index contributed by atoms with van der Waals surface area (Å²) in [6.07, 6.45) is 0. The molecule has 5 rings (SSSR count). The van der Waals surface area contributed by atoms with E-state index in [2.05, 4.69) is 31.9 Å². The first-order chi connectivity index (χ1) is 21.3.